The number of nitrogens with zero attached hydrogens (tertiary/aromatic N) is 3. The molecule has 3 nitrogen and oxygen atoms in total. The van der Waals surface area contributed by atoms with E-state index < -0.39 is 0 Å². The maximum Gasteiger partial charge on any atom is 0.296 e. The van der Waals surface area contributed by atoms with Crippen molar-refractivity contribution in [2.24, 2.45) is 7.05 Å². The van der Waals surface area contributed by atoms with Crippen molar-refractivity contribution in [3.05, 3.63) is 60.3 Å². The van der Waals surface area contributed by atoms with Crippen LogP contribution in [0.5, 0.6) is 0 Å². The molecule has 3 heteroatoms. The summed E-state index contributed by atoms with van der Waals surface area (Å²) in [4.78, 5) is 0. The average Bonchev–Trinajstić information content (AvgIpc) is 3.08. The standard InChI is InChI=1S/C17H14N3/c1-18-14-8-4-5-9-15(14)20-16(18)11-19-10-12-6-2-3-7-13(12)17(19)20/h2-9,11H,10H2,1H3/q+1. The highest BCUT2D eigenvalue weighted by atomic mass is 15.2. The van der Waals surface area contributed by atoms with E-state index in [0.717, 1.165) is 6.54 Å². The summed E-state index contributed by atoms with van der Waals surface area (Å²) in [7, 11) is 2.14. The number of benzene rings is 2. The second-order valence-corrected chi connectivity index (χ2v) is 5.48. The average molecular weight is 260 g/mol. The van der Waals surface area contributed by atoms with E-state index >= 15 is 0 Å². The number of aromatic nitrogens is 3. The van der Waals surface area contributed by atoms with Crippen LogP contribution in [0.2, 0.25) is 0 Å². The lowest BCUT2D eigenvalue weighted by atomic mass is 10.1. The molecular weight excluding hydrogens is 246 g/mol. The molecule has 96 valence electrons. The highest BCUT2D eigenvalue weighted by Crippen LogP contribution is 2.31. The zero-order valence-corrected chi connectivity index (χ0v) is 11.2. The normalized spacial score (nSPS) is 13.1. The van der Waals surface area contributed by atoms with Crippen molar-refractivity contribution in [3.8, 4) is 11.4 Å². The smallest absolute Gasteiger partial charge is 0.296 e. The van der Waals surface area contributed by atoms with Gasteiger partial charge in [0, 0.05) is 12.6 Å². The fraction of sp³-hybridized carbons (Fsp3) is 0.118. The molecule has 0 N–H and O–H groups in total. The van der Waals surface area contributed by atoms with Crippen LogP contribution in [-0.4, -0.2) is 8.97 Å². The molecule has 0 saturated carbocycles. The molecule has 0 bridgehead atoms. The van der Waals surface area contributed by atoms with Crippen molar-refractivity contribution in [2.45, 2.75) is 6.54 Å². The number of hydrogen-bond acceptors (Lipinski definition) is 0. The summed E-state index contributed by atoms with van der Waals surface area (Å²) in [5.74, 6) is 1.30. The summed E-state index contributed by atoms with van der Waals surface area (Å²) in [5, 5.41) is 0. The Labute approximate surface area is 116 Å². The fourth-order valence-corrected chi connectivity index (χ4v) is 3.49. The van der Waals surface area contributed by atoms with Crippen LogP contribution in [-0.2, 0) is 13.6 Å². The van der Waals surface area contributed by atoms with Gasteiger partial charge in [0.1, 0.15) is 6.54 Å². The predicted octanol–water partition coefficient (Wildman–Crippen LogP) is 2.75. The molecule has 0 saturated heterocycles. The minimum atomic E-state index is 0.974. The van der Waals surface area contributed by atoms with Crippen LogP contribution in [0, 0.1) is 0 Å². The monoisotopic (exact) mass is 260 g/mol. The first-order valence-electron chi connectivity index (χ1n) is 6.91. The Morgan fingerprint density at radius 2 is 1.70 bits per heavy atom. The van der Waals surface area contributed by atoms with Gasteiger partial charge in [0.25, 0.3) is 5.82 Å². The lowest BCUT2D eigenvalue weighted by Gasteiger charge is -1.92. The fourth-order valence-electron chi connectivity index (χ4n) is 3.49. The SMILES string of the molecule is Cn1c2ccccc2n2c3[n+](cc12)Cc1ccccc1-3. The number of hydrogen-bond donors (Lipinski definition) is 0. The summed E-state index contributed by atoms with van der Waals surface area (Å²) < 4.78 is 7.00. The molecule has 20 heavy (non-hydrogen) atoms. The highest BCUT2D eigenvalue weighted by molar-refractivity contribution is 5.84. The van der Waals surface area contributed by atoms with Gasteiger partial charge in [-0.25, -0.2) is 4.57 Å². The maximum atomic E-state index is 2.38. The molecule has 3 heterocycles. The van der Waals surface area contributed by atoms with Crippen LogP contribution in [0.1, 0.15) is 5.56 Å². The highest BCUT2D eigenvalue weighted by Gasteiger charge is 2.32. The van der Waals surface area contributed by atoms with E-state index in [1.165, 1.54) is 33.6 Å². The maximum absolute atomic E-state index is 2.38. The number of para-hydroxylation sites is 2. The van der Waals surface area contributed by atoms with E-state index in [4.69, 9.17) is 0 Å². The predicted molar refractivity (Wildman–Crippen MR) is 78.6 cm³/mol. The largest absolute Gasteiger partial charge is 0.305 e. The molecule has 4 aromatic rings. The van der Waals surface area contributed by atoms with Gasteiger partial charge in [0.15, 0.2) is 11.7 Å². The van der Waals surface area contributed by atoms with Gasteiger partial charge in [-0.15, -0.1) is 0 Å². The topological polar surface area (TPSA) is 13.2 Å². The number of fused-ring (bicyclic) bond motifs is 7. The first-order valence-corrected chi connectivity index (χ1v) is 6.91. The van der Waals surface area contributed by atoms with Crippen LogP contribution < -0.4 is 4.57 Å². The molecule has 2 aromatic carbocycles. The Hall–Kier alpha value is -2.55. The van der Waals surface area contributed by atoms with Crippen LogP contribution >= 0.6 is 0 Å². The third-order valence-electron chi connectivity index (χ3n) is 4.41. The molecule has 0 spiro atoms. The summed E-state index contributed by atoms with van der Waals surface area (Å²) in [6.07, 6.45) is 2.26. The molecule has 2 aromatic heterocycles. The van der Waals surface area contributed by atoms with E-state index in [1.807, 2.05) is 0 Å². The van der Waals surface area contributed by atoms with E-state index in [-0.39, 0.29) is 0 Å². The third kappa shape index (κ3) is 1.05. The van der Waals surface area contributed by atoms with Crippen LogP contribution in [0.4, 0.5) is 0 Å². The molecule has 5 rings (SSSR count). The van der Waals surface area contributed by atoms with Gasteiger partial charge < -0.3 is 4.57 Å². The lowest BCUT2D eigenvalue weighted by Crippen LogP contribution is -2.29. The lowest BCUT2D eigenvalue weighted by molar-refractivity contribution is -0.670. The van der Waals surface area contributed by atoms with Crippen LogP contribution in [0.3, 0.4) is 0 Å². The quantitative estimate of drug-likeness (QED) is 0.380. The van der Waals surface area contributed by atoms with Gasteiger partial charge in [-0.3, -0.25) is 0 Å². The second-order valence-electron chi connectivity index (χ2n) is 5.48. The summed E-state index contributed by atoms with van der Waals surface area (Å²) >= 11 is 0. The third-order valence-corrected chi connectivity index (χ3v) is 4.41. The first kappa shape index (κ1) is 10.3. The van der Waals surface area contributed by atoms with Gasteiger partial charge in [0.2, 0.25) is 5.65 Å². The minimum Gasteiger partial charge on any atom is -0.305 e. The molecule has 1 aliphatic rings. The Kier molecular flexibility index (Phi) is 1.70. The van der Waals surface area contributed by atoms with Crippen molar-refractivity contribution in [3.63, 3.8) is 0 Å². The molecule has 1 aliphatic heterocycles. The summed E-state index contributed by atoms with van der Waals surface area (Å²) in [5.41, 5.74) is 6.55. The Morgan fingerprint density at radius 3 is 2.60 bits per heavy atom. The Balaban J connectivity index is 2.03. The molecule has 0 fully saturated rings. The molecule has 0 radical (unpaired) electrons. The van der Waals surface area contributed by atoms with E-state index in [1.54, 1.807) is 0 Å². The summed E-state index contributed by atoms with van der Waals surface area (Å²) in [6.45, 7) is 0.974. The van der Waals surface area contributed by atoms with Gasteiger partial charge in [-0.2, -0.15) is 4.40 Å². The Morgan fingerprint density at radius 1 is 0.950 bits per heavy atom. The van der Waals surface area contributed by atoms with E-state index in [0.29, 0.717) is 0 Å². The first-order chi connectivity index (χ1) is 9.84. The van der Waals surface area contributed by atoms with Gasteiger partial charge in [0.05, 0.1) is 11.1 Å². The minimum absolute atomic E-state index is 0.974. The van der Waals surface area contributed by atoms with Crippen molar-refractivity contribution >= 4 is 16.7 Å². The van der Waals surface area contributed by atoms with Crippen LogP contribution in [0.15, 0.2) is 54.7 Å². The number of rotatable bonds is 0. The molecule has 0 amide bonds. The molecule has 0 aliphatic carbocycles. The molecular formula is C17H14N3+. The number of aryl methyl sites for hydroxylation is 1. The zero-order chi connectivity index (χ0) is 13.3. The van der Waals surface area contributed by atoms with Crippen molar-refractivity contribution in [2.75, 3.05) is 0 Å². The van der Waals surface area contributed by atoms with Crippen LogP contribution in [0.25, 0.3) is 28.1 Å². The zero-order valence-electron chi connectivity index (χ0n) is 11.2. The van der Waals surface area contributed by atoms with Crippen molar-refractivity contribution in [1.29, 1.82) is 0 Å². The summed E-state index contributed by atoms with van der Waals surface area (Å²) in [6, 6.07) is 17.3. The van der Waals surface area contributed by atoms with E-state index in [2.05, 4.69) is 75.3 Å². The van der Waals surface area contributed by atoms with Crippen molar-refractivity contribution < 1.29 is 4.57 Å². The molecule has 0 unspecified atom stereocenters. The van der Waals surface area contributed by atoms with E-state index in [9.17, 15) is 0 Å². The van der Waals surface area contributed by atoms with Gasteiger partial charge in [-0.1, -0.05) is 30.3 Å². The van der Waals surface area contributed by atoms with Gasteiger partial charge >= 0.3 is 0 Å². The van der Waals surface area contributed by atoms with Crippen molar-refractivity contribution in [1.82, 2.24) is 8.97 Å². The Bertz CT molecular complexity index is 988. The molecule has 0 atom stereocenters. The second kappa shape index (κ2) is 3.31. The number of imidazole rings is 2. The van der Waals surface area contributed by atoms with Gasteiger partial charge in [-0.05, 0) is 18.2 Å².